The van der Waals surface area contributed by atoms with Gasteiger partial charge in [-0.05, 0) is 71.2 Å². The highest BCUT2D eigenvalue weighted by atomic mass is 16.2. The largest absolute Gasteiger partial charge is 0.371 e. The first kappa shape index (κ1) is 24.8. The molecule has 170 valence electrons. The van der Waals surface area contributed by atoms with Gasteiger partial charge in [-0.3, -0.25) is 14.7 Å². The molecular weight excluding hydrogens is 386 g/mol. The van der Waals surface area contributed by atoms with Crippen molar-refractivity contribution < 1.29 is 4.79 Å². The van der Waals surface area contributed by atoms with Crippen molar-refractivity contribution in [2.24, 2.45) is 4.99 Å². The van der Waals surface area contributed by atoms with E-state index in [0.717, 1.165) is 50.3 Å². The number of rotatable bonds is 9. The van der Waals surface area contributed by atoms with E-state index in [1.54, 1.807) is 6.20 Å². The summed E-state index contributed by atoms with van der Waals surface area (Å²) in [6.45, 7) is 13.4. The number of amides is 1. The van der Waals surface area contributed by atoms with Gasteiger partial charge < -0.3 is 15.2 Å². The van der Waals surface area contributed by atoms with Gasteiger partial charge in [0.25, 0.3) is 0 Å². The Balaban J connectivity index is 1.89. The van der Waals surface area contributed by atoms with Gasteiger partial charge in [0.2, 0.25) is 5.91 Å². The van der Waals surface area contributed by atoms with Crippen molar-refractivity contribution in [2.75, 3.05) is 39.3 Å². The molecule has 0 radical (unpaired) electrons. The van der Waals surface area contributed by atoms with Gasteiger partial charge in [-0.25, -0.2) is 0 Å². The van der Waals surface area contributed by atoms with Crippen LogP contribution >= 0.6 is 0 Å². The van der Waals surface area contributed by atoms with Crippen LogP contribution in [0, 0.1) is 5.41 Å². The molecule has 0 bridgehead atoms. The molecule has 6 heteroatoms. The van der Waals surface area contributed by atoms with E-state index < -0.39 is 0 Å². The van der Waals surface area contributed by atoms with E-state index in [1.807, 2.05) is 32.2 Å². The van der Waals surface area contributed by atoms with Crippen LogP contribution in [0.25, 0.3) is 0 Å². The van der Waals surface area contributed by atoms with Gasteiger partial charge in [-0.2, -0.15) is 0 Å². The van der Waals surface area contributed by atoms with Crippen molar-refractivity contribution in [2.45, 2.75) is 53.0 Å². The summed E-state index contributed by atoms with van der Waals surface area (Å²) < 4.78 is 0. The van der Waals surface area contributed by atoms with Gasteiger partial charge in [-0.15, -0.1) is 0 Å². The number of aliphatic imine (C=N–C) groups is 1. The molecule has 0 aromatic heterocycles. The van der Waals surface area contributed by atoms with Crippen LogP contribution in [0.1, 0.15) is 47.0 Å². The molecule has 1 N–H and O–H groups in total. The normalized spacial score (nSPS) is 22.2. The van der Waals surface area contributed by atoms with Crippen molar-refractivity contribution >= 4 is 18.3 Å². The smallest absolute Gasteiger partial charge is 0.237 e. The zero-order valence-corrected chi connectivity index (χ0v) is 19.7. The summed E-state index contributed by atoms with van der Waals surface area (Å²) in [4.78, 5) is 23.7. The van der Waals surface area contributed by atoms with E-state index in [-0.39, 0.29) is 11.9 Å². The van der Waals surface area contributed by atoms with Crippen LogP contribution in [0.4, 0.5) is 0 Å². The molecule has 31 heavy (non-hydrogen) atoms. The highest BCUT2D eigenvalue weighted by Crippen LogP contribution is 2.16. The standard InChI is InChI=1S/C25H39N5O/c1-5-9-24(18-27-17-21(2)16-26)11-8-10-22(3)29-14-15-30(23(4)19-29)25(31)20-28-12-6-7-13-28/h5,9-11,16-18,23,26H,6-8,12-15,19-20H2,1-4H3/b9-5-,21-17-,22-10+,24-11?,26-16?,27-18?. The highest BCUT2D eigenvalue weighted by molar-refractivity contribution is 5.83. The number of nitrogens with zero attached hydrogens (tertiary/aromatic N) is 4. The van der Waals surface area contributed by atoms with Crippen LogP contribution in [0.15, 0.2) is 52.3 Å². The lowest BCUT2D eigenvalue weighted by atomic mass is 10.1. The maximum atomic E-state index is 12.7. The number of allylic oxidation sites excluding steroid dienone is 7. The van der Waals surface area contributed by atoms with E-state index in [4.69, 9.17) is 5.41 Å². The Bertz CT molecular complexity index is 756. The summed E-state index contributed by atoms with van der Waals surface area (Å²) >= 11 is 0. The number of carbonyl (C=O) groups excluding carboxylic acids is 1. The third kappa shape index (κ3) is 8.29. The second-order valence-corrected chi connectivity index (χ2v) is 8.45. The first-order chi connectivity index (χ1) is 14.9. The predicted molar refractivity (Wildman–Crippen MR) is 131 cm³/mol. The molecule has 2 saturated heterocycles. The maximum Gasteiger partial charge on any atom is 0.237 e. The summed E-state index contributed by atoms with van der Waals surface area (Å²) in [6.07, 6.45) is 16.5. The average Bonchev–Trinajstić information content (AvgIpc) is 3.26. The fourth-order valence-electron chi connectivity index (χ4n) is 4.00. The van der Waals surface area contributed by atoms with Crippen LogP contribution in [-0.4, -0.2) is 78.3 Å². The summed E-state index contributed by atoms with van der Waals surface area (Å²) in [7, 11) is 0. The Hall–Kier alpha value is -2.47. The van der Waals surface area contributed by atoms with E-state index in [1.165, 1.54) is 24.8 Å². The number of piperazine rings is 1. The molecule has 1 atom stereocenters. The molecule has 6 nitrogen and oxygen atoms in total. The third-order valence-corrected chi connectivity index (χ3v) is 5.86. The molecule has 2 aliphatic rings. The quantitative estimate of drug-likeness (QED) is 0.448. The maximum absolute atomic E-state index is 12.7. The fourth-order valence-corrected chi connectivity index (χ4v) is 4.00. The van der Waals surface area contributed by atoms with E-state index in [2.05, 4.69) is 45.7 Å². The van der Waals surface area contributed by atoms with Crippen molar-refractivity contribution in [3.63, 3.8) is 0 Å². The molecular formula is C25H39N5O. The van der Waals surface area contributed by atoms with Gasteiger partial charge in [0, 0.05) is 50.0 Å². The molecule has 0 aliphatic carbocycles. The Morgan fingerprint density at radius 3 is 2.52 bits per heavy atom. The molecule has 1 amide bonds. The zero-order chi connectivity index (χ0) is 22.6. The Morgan fingerprint density at radius 1 is 1.13 bits per heavy atom. The molecule has 0 aromatic rings. The molecule has 2 rings (SSSR count). The minimum absolute atomic E-state index is 0.234. The predicted octanol–water partition coefficient (Wildman–Crippen LogP) is 4.04. The van der Waals surface area contributed by atoms with Crippen molar-refractivity contribution in [1.29, 1.82) is 5.41 Å². The van der Waals surface area contributed by atoms with Crippen LogP contribution in [-0.2, 0) is 4.79 Å². The summed E-state index contributed by atoms with van der Waals surface area (Å²) in [5.74, 6) is 0.279. The van der Waals surface area contributed by atoms with Gasteiger partial charge >= 0.3 is 0 Å². The van der Waals surface area contributed by atoms with E-state index in [0.29, 0.717) is 6.54 Å². The lowest BCUT2D eigenvalue weighted by Gasteiger charge is -2.42. The van der Waals surface area contributed by atoms with Crippen LogP contribution in [0.3, 0.4) is 0 Å². The number of likely N-dealkylation sites (tertiary alicyclic amines) is 1. The molecule has 0 spiro atoms. The molecule has 2 heterocycles. The lowest BCUT2D eigenvalue weighted by Crippen LogP contribution is -2.55. The van der Waals surface area contributed by atoms with Gasteiger partial charge in [0.1, 0.15) is 0 Å². The Labute approximate surface area is 188 Å². The van der Waals surface area contributed by atoms with Gasteiger partial charge in [0.05, 0.1) is 6.54 Å². The fraction of sp³-hybridized carbons (Fsp3) is 0.560. The van der Waals surface area contributed by atoms with Gasteiger partial charge in [0.15, 0.2) is 0 Å². The zero-order valence-electron chi connectivity index (χ0n) is 19.7. The lowest BCUT2D eigenvalue weighted by molar-refractivity contribution is -0.136. The number of hydrogen-bond donors (Lipinski definition) is 1. The van der Waals surface area contributed by atoms with Crippen LogP contribution < -0.4 is 0 Å². The second-order valence-electron chi connectivity index (χ2n) is 8.45. The Morgan fingerprint density at radius 2 is 1.87 bits per heavy atom. The van der Waals surface area contributed by atoms with Crippen molar-refractivity contribution in [3.8, 4) is 0 Å². The first-order valence-corrected chi connectivity index (χ1v) is 11.4. The van der Waals surface area contributed by atoms with Gasteiger partial charge in [-0.1, -0.05) is 24.3 Å². The monoisotopic (exact) mass is 425 g/mol. The SMILES string of the molecule is C/C=C\C(C=N/C=C(/C)C=N)=CC/C=C(\C)N1CCN(C(=O)CN2CCCC2)C(C)C1. The third-order valence-electron chi connectivity index (χ3n) is 5.86. The highest BCUT2D eigenvalue weighted by Gasteiger charge is 2.28. The molecule has 0 saturated carbocycles. The molecule has 2 fully saturated rings. The number of hydrogen-bond acceptors (Lipinski definition) is 5. The van der Waals surface area contributed by atoms with E-state index >= 15 is 0 Å². The summed E-state index contributed by atoms with van der Waals surface area (Å²) in [5.41, 5.74) is 3.12. The van der Waals surface area contributed by atoms with E-state index in [9.17, 15) is 4.79 Å². The van der Waals surface area contributed by atoms with Crippen LogP contribution in [0.5, 0.6) is 0 Å². The summed E-state index contributed by atoms with van der Waals surface area (Å²) in [5, 5.41) is 7.20. The molecule has 0 aromatic carbocycles. The Kier molecular flexibility index (Phi) is 10.4. The van der Waals surface area contributed by atoms with Crippen molar-refractivity contribution in [3.05, 3.63) is 47.3 Å². The minimum atomic E-state index is 0.234. The summed E-state index contributed by atoms with van der Waals surface area (Å²) in [6, 6.07) is 0.234. The van der Waals surface area contributed by atoms with Crippen molar-refractivity contribution in [1.82, 2.24) is 14.7 Å². The molecule has 2 aliphatic heterocycles. The minimum Gasteiger partial charge on any atom is -0.371 e. The van der Waals surface area contributed by atoms with Crippen LogP contribution in [0.2, 0.25) is 0 Å². The first-order valence-electron chi connectivity index (χ1n) is 11.4. The average molecular weight is 426 g/mol. The number of nitrogens with one attached hydrogen (secondary N) is 1. The topological polar surface area (TPSA) is 63.0 Å². The second kappa shape index (κ2) is 13.1. The number of carbonyl (C=O) groups is 1. The molecule has 1 unspecified atom stereocenters.